The summed E-state index contributed by atoms with van der Waals surface area (Å²) in [7, 11) is 1.92. The van der Waals surface area contributed by atoms with Crippen molar-refractivity contribution in [3.8, 4) is 0 Å². The zero-order chi connectivity index (χ0) is 12.3. The van der Waals surface area contributed by atoms with E-state index in [2.05, 4.69) is 20.9 Å². The van der Waals surface area contributed by atoms with Crippen molar-refractivity contribution in [1.29, 1.82) is 0 Å². The molecule has 2 rings (SSSR count). The summed E-state index contributed by atoms with van der Waals surface area (Å²) in [5.41, 5.74) is 0.993. The Morgan fingerprint density at radius 3 is 2.88 bits per heavy atom. The van der Waals surface area contributed by atoms with Crippen LogP contribution in [0.2, 0.25) is 0 Å². The van der Waals surface area contributed by atoms with Gasteiger partial charge in [0.15, 0.2) is 0 Å². The molecule has 1 aromatic rings. The fourth-order valence-corrected chi connectivity index (χ4v) is 2.59. The number of anilines is 1. The van der Waals surface area contributed by atoms with Crippen LogP contribution in [0.4, 0.5) is 5.69 Å². The molecule has 5 heteroatoms. The lowest BCUT2D eigenvalue weighted by Gasteiger charge is -2.23. The summed E-state index contributed by atoms with van der Waals surface area (Å²) in [5, 5.41) is 0. The van der Waals surface area contributed by atoms with Crippen LogP contribution >= 0.6 is 15.9 Å². The predicted molar refractivity (Wildman–Crippen MR) is 71.0 cm³/mol. The molecule has 0 bridgehead atoms. The van der Waals surface area contributed by atoms with Crippen LogP contribution in [0.3, 0.4) is 0 Å². The summed E-state index contributed by atoms with van der Waals surface area (Å²) in [4.78, 5) is 19.9. The minimum atomic E-state index is 0.203. The number of amides is 1. The molecule has 2 heterocycles. The Balaban J connectivity index is 1.99. The summed E-state index contributed by atoms with van der Waals surface area (Å²) in [6.07, 6.45) is 5.74. The molecule has 4 nitrogen and oxygen atoms in total. The van der Waals surface area contributed by atoms with Gasteiger partial charge in [-0.1, -0.05) is 0 Å². The Labute approximate surface area is 110 Å². The Bertz CT molecular complexity index is 404. The first-order chi connectivity index (χ1) is 8.18. The molecule has 0 aliphatic carbocycles. The Hall–Kier alpha value is -1.10. The predicted octanol–water partition coefficient (Wildman–Crippen LogP) is 1.90. The van der Waals surface area contributed by atoms with Gasteiger partial charge >= 0.3 is 0 Å². The number of hydrogen-bond donors (Lipinski definition) is 0. The van der Waals surface area contributed by atoms with Crippen molar-refractivity contribution in [3.63, 3.8) is 0 Å². The van der Waals surface area contributed by atoms with Gasteiger partial charge in [0, 0.05) is 32.5 Å². The Morgan fingerprint density at radius 2 is 2.24 bits per heavy atom. The van der Waals surface area contributed by atoms with Crippen molar-refractivity contribution < 1.29 is 4.79 Å². The number of nitrogens with zero attached hydrogens (tertiary/aromatic N) is 3. The third-order valence-electron chi connectivity index (χ3n) is 2.99. The Morgan fingerprint density at radius 1 is 1.53 bits per heavy atom. The van der Waals surface area contributed by atoms with E-state index in [4.69, 9.17) is 0 Å². The second kappa shape index (κ2) is 5.49. The molecule has 0 aromatic carbocycles. The van der Waals surface area contributed by atoms with Crippen LogP contribution in [0.5, 0.6) is 0 Å². The molecule has 1 amide bonds. The van der Waals surface area contributed by atoms with Gasteiger partial charge in [-0.3, -0.25) is 9.78 Å². The molecular weight excluding hydrogens is 282 g/mol. The second-order valence-electron chi connectivity index (χ2n) is 4.27. The van der Waals surface area contributed by atoms with E-state index in [1.807, 2.05) is 22.9 Å². The smallest absolute Gasteiger partial charge is 0.242 e. The number of carbonyl (C=O) groups is 1. The molecule has 1 aliphatic rings. The van der Waals surface area contributed by atoms with Crippen molar-refractivity contribution >= 4 is 27.5 Å². The van der Waals surface area contributed by atoms with E-state index in [1.165, 1.54) is 0 Å². The molecule has 0 unspecified atom stereocenters. The summed E-state index contributed by atoms with van der Waals surface area (Å²) >= 11 is 3.44. The summed E-state index contributed by atoms with van der Waals surface area (Å²) < 4.78 is 0.914. The molecule has 17 heavy (non-hydrogen) atoms. The first-order valence-electron chi connectivity index (χ1n) is 5.77. The van der Waals surface area contributed by atoms with E-state index in [0.29, 0.717) is 6.54 Å². The quantitative estimate of drug-likeness (QED) is 0.855. The highest BCUT2D eigenvalue weighted by atomic mass is 79.9. The number of carbonyl (C=O) groups excluding carboxylic acids is 1. The van der Waals surface area contributed by atoms with Gasteiger partial charge < -0.3 is 9.80 Å². The molecule has 92 valence electrons. The van der Waals surface area contributed by atoms with E-state index in [-0.39, 0.29) is 5.91 Å². The molecular formula is C12H16BrN3O. The summed E-state index contributed by atoms with van der Waals surface area (Å²) in [5.74, 6) is 0.203. The van der Waals surface area contributed by atoms with Gasteiger partial charge in [-0.25, -0.2) is 0 Å². The lowest BCUT2D eigenvalue weighted by molar-refractivity contribution is -0.128. The average molecular weight is 298 g/mol. The third kappa shape index (κ3) is 2.97. The number of hydrogen-bond acceptors (Lipinski definition) is 3. The lowest BCUT2D eigenvalue weighted by atomic mass is 10.3. The van der Waals surface area contributed by atoms with Crippen molar-refractivity contribution in [2.24, 2.45) is 0 Å². The van der Waals surface area contributed by atoms with E-state index in [9.17, 15) is 4.79 Å². The van der Waals surface area contributed by atoms with Gasteiger partial charge in [0.25, 0.3) is 0 Å². The fourth-order valence-electron chi connectivity index (χ4n) is 2.03. The maximum absolute atomic E-state index is 12.0. The zero-order valence-corrected chi connectivity index (χ0v) is 11.5. The topological polar surface area (TPSA) is 36.4 Å². The van der Waals surface area contributed by atoms with Crippen LogP contribution in [-0.2, 0) is 4.79 Å². The second-order valence-corrected chi connectivity index (χ2v) is 5.13. The first-order valence-corrected chi connectivity index (χ1v) is 6.56. The minimum Gasteiger partial charge on any atom is -0.364 e. The molecule has 0 N–H and O–H groups in total. The van der Waals surface area contributed by atoms with E-state index >= 15 is 0 Å². The number of halogens is 1. The standard InChI is InChI=1S/C12H16BrN3O/c1-15(11-4-5-14-8-10(11)13)9-12(17)16-6-2-3-7-16/h4-5,8H,2-3,6-7,9H2,1H3. The molecule has 0 saturated carbocycles. The average Bonchev–Trinajstić information content (AvgIpc) is 2.82. The van der Waals surface area contributed by atoms with Crippen molar-refractivity contribution in [2.45, 2.75) is 12.8 Å². The van der Waals surface area contributed by atoms with Crippen molar-refractivity contribution in [1.82, 2.24) is 9.88 Å². The van der Waals surface area contributed by atoms with Crippen LogP contribution < -0.4 is 4.90 Å². The minimum absolute atomic E-state index is 0.203. The molecule has 0 atom stereocenters. The van der Waals surface area contributed by atoms with Crippen LogP contribution in [0.1, 0.15) is 12.8 Å². The van der Waals surface area contributed by atoms with Crippen LogP contribution in [0.25, 0.3) is 0 Å². The number of pyridine rings is 1. The third-order valence-corrected chi connectivity index (χ3v) is 3.60. The van der Waals surface area contributed by atoms with Crippen LogP contribution in [0.15, 0.2) is 22.9 Å². The highest BCUT2D eigenvalue weighted by molar-refractivity contribution is 9.10. The molecule has 1 fully saturated rings. The largest absolute Gasteiger partial charge is 0.364 e. The molecule has 1 saturated heterocycles. The maximum atomic E-state index is 12.0. The van der Waals surface area contributed by atoms with Gasteiger partial charge in [0.1, 0.15) is 0 Å². The van der Waals surface area contributed by atoms with Gasteiger partial charge in [-0.15, -0.1) is 0 Å². The first kappa shape index (κ1) is 12.4. The van der Waals surface area contributed by atoms with Crippen LogP contribution in [0, 0.1) is 0 Å². The monoisotopic (exact) mass is 297 g/mol. The number of likely N-dealkylation sites (N-methyl/N-ethyl adjacent to an activating group) is 1. The zero-order valence-electron chi connectivity index (χ0n) is 9.90. The Kier molecular flexibility index (Phi) is 3.99. The number of rotatable bonds is 3. The van der Waals surface area contributed by atoms with Gasteiger partial charge in [0.2, 0.25) is 5.91 Å². The van der Waals surface area contributed by atoms with E-state index < -0.39 is 0 Å². The molecule has 1 aliphatic heterocycles. The van der Waals surface area contributed by atoms with E-state index in [0.717, 1.165) is 36.1 Å². The number of likely N-dealkylation sites (tertiary alicyclic amines) is 1. The SMILES string of the molecule is CN(CC(=O)N1CCCC1)c1ccncc1Br. The molecule has 1 aromatic heterocycles. The maximum Gasteiger partial charge on any atom is 0.242 e. The van der Waals surface area contributed by atoms with Crippen molar-refractivity contribution in [3.05, 3.63) is 22.9 Å². The lowest BCUT2D eigenvalue weighted by Crippen LogP contribution is -2.37. The normalized spacial score (nSPS) is 15.1. The van der Waals surface area contributed by atoms with Gasteiger partial charge in [-0.2, -0.15) is 0 Å². The van der Waals surface area contributed by atoms with Crippen molar-refractivity contribution in [2.75, 3.05) is 31.6 Å². The highest BCUT2D eigenvalue weighted by Gasteiger charge is 2.19. The van der Waals surface area contributed by atoms with Gasteiger partial charge in [-0.05, 0) is 34.8 Å². The molecule has 0 radical (unpaired) electrons. The highest BCUT2D eigenvalue weighted by Crippen LogP contribution is 2.23. The molecule has 0 spiro atoms. The summed E-state index contributed by atoms with van der Waals surface area (Å²) in [6.45, 7) is 2.23. The van der Waals surface area contributed by atoms with Gasteiger partial charge in [0.05, 0.1) is 16.7 Å². The number of aromatic nitrogens is 1. The van der Waals surface area contributed by atoms with Crippen LogP contribution in [-0.4, -0.2) is 42.5 Å². The van der Waals surface area contributed by atoms with E-state index in [1.54, 1.807) is 12.4 Å². The summed E-state index contributed by atoms with van der Waals surface area (Å²) in [6, 6.07) is 1.90. The fraction of sp³-hybridized carbons (Fsp3) is 0.500.